The van der Waals surface area contributed by atoms with Crippen LogP contribution in [0.15, 0.2) is 43.0 Å². The van der Waals surface area contributed by atoms with Crippen LogP contribution in [0.1, 0.15) is 32.3 Å². The molecule has 0 aliphatic heterocycles. The predicted molar refractivity (Wildman–Crippen MR) is 73.3 cm³/mol. The van der Waals surface area contributed by atoms with Gasteiger partial charge in [0.2, 0.25) is 0 Å². The molecule has 0 aliphatic carbocycles. The van der Waals surface area contributed by atoms with Crippen molar-refractivity contribution in [1.29, 1.82) is 0 Å². The second-order valence-electron chi connectivity index (χ2n) is 4.90. The Labute approximate surface area is 109 Å². The molecule has 0 radical (unpaired) electrons. The molecule has 0 atom stereocenters. The normalized spacial score (nSPS) is 10.8. The van der Waals surface area contributed by atoms with Gasteiger partial charge in [-0.05, 0) is 32.3 Å². The van der Waals surface area contributed by atoms with Crippen LogP contribution in [0, 0.1) is 0 Å². The molecule has 1 N–H and O–H groups in total. The molecule has 98 valence electrons. The fourth-order valence-electron chi connectivity index (χ4n) is 1.56. The minimum Gasteiger partial charge on any atom is -0.445 e. The van der Waals surface area contributed by atoms with Crippen LogP contribution in [0.2, 0.25) is 0 Å². The third-order valence-corrected chi connectivity index (χ3v) is 2.63. The van der Waals surface area contributed by atoms with E-state index in [4.69, 9.17) is 4.74 Å². The zero-order chi connectivity index (χ0) is 13.4. The van der Waals surface area contributed by atoms with Crippen LogP contribution >= 0.6 is 0 Å². The lowest BCUT2D eigenvalue weighted by molar-refractivity contribution is 0.128. The van der Waals surface area contributed by atoms with Gasteiger partial charge in [-0.1, -0.05) is 36.4 Å². The molecule has 1 aromatic rings. The first-order valence-corrected chi connectivity index (χ1v) is 6.13. The standard InChI is InChI=1S/C15H21NO2/c1-4-5-11-15(2,3)16-14(17)18-12-13-9-7-6-8-10-13/h4,6-10H,1,5,11-12H2,2-3H3,(H,16,17). The molecule has 0 bridgehead atoms. The van der Waals surface area contributed by atoms with Gasteiger partial charge in [-0.2, -0.15) is 0 Å². The molecule has 1 aromatic carbocycles. The van der Waals surface area contributed by atoms with Crippen LogP contribution in [0.3, 0.4) is 0 Å². The average molecular weight is 247 g/mol. The molecule has 0 aromatic heterocycles. The first-order chi connectivity index (χ1) is 8.53. The van der Waals surface area contributed by atoms with Crippen molar-refractivity contribution in [2.45, 2.75) is 38.8 Å². The molecular weight excluding hydrogens is 226 g/mol. The summed E-state index contributed by atoms with van der Waals surface area (Å²) < 4.78 is 5.17. The van der Waals surface area contributed by atoms with Crippen molar-refractivity contribution in [3.05, 3.63) is 48.6 Å². The van der Waals surface area contributed by atoms with E-state index in [-0.39, 0.29) is 11.6 Å². The lowest BCUT2D eigenvalue weighted by atomic mass is 9.99. The van der Waals surface area contributed by atoms with E-state index < -0.39 is 0 Å². The molecule has 0 aliphatic rings. The Hall–Kier alpha value is -1.77. The minimum absolute atomic E-state index is 0.276. The summed E-state index contributed by atoms with van der Waals surface area (Å²) in [6.07, 6.45) is 3.18. The molecule has 0 spiro atoms. The molecule has 0 heterocycles. The molecule has 0 saturated carbocycles. The van der Waals surface area contributed by atoms with Crippen LogP contribution in [0.25, 0.3) is 0 Å². The van der Waals surface area contributed by atoms with Crippen molar-refractivity contribution in [2.75, 3.05) is 0 Å². The fourth-order valence-corrected chi connectivity index (χ4v) is 1.56. The molecule has 3 heteroatoms. The highest BCUT2D eigenvalue weighted by molar-refractivity contribution is 5.68. The molecular formula is C15H21NO2. The number of nitrogens with one attached hydrogen (secondary N) is 1. The van der Waals surface area contributed by atoms with Crippen molar-refractivity contribution >= 4 is 6.09 Å². The third kappa shape index (κ3) is 5.53. The topological polar surface area (TPSA) is 38.3 Å². The van der Waals surface area contributed by atoms with Gasteiger partial charge < -0.3 is 10.1 Å². The lowest BCUT2D eigenvalue weighted by Crippen LogP contribution is -2.43. The number of allylic oxidation sites excluding steroid dienone is 1. The Balaban J connectivity index is 2.35. The quantitative estimate of drug-likeness (QED) is 0.779. The van der Waals surface area contributed by atoms with E-state index in [1.165, 1.54) is 0 Å². The summed E-state index contributed by atoms with van der Waals surface area (Å²) in [6.45, 7) is 7.92. The van der Waals surface area contributed by atoms with Gasteiger partial charge in [0, 0.05) is 5.54 Å². The fraction of sp³-hybridized carbons (Fsp3) is 0.400. The number of alkyl carbamates (subject to hydrolysis) is 1. The van der Waals surface area contributed by atoms with Gasteiger partial charge in [-0.15, -0.1) is 6.58 Å². The number of rotatable bonds is 6. The Morgan fingerprint density at radius 1 is 1.39 bits per heavy atom. The SMILES string of the molecule is C=CCCC(C)(C)NC(=O)OCc1ccccc1. The maximum absolute atomic E-state index is 11.6. The number of amides is 1. The van der Waals surface area contributed by atoms with Crippen LogP contribution in [-0.2, 0) is 11.3 Å². The Kier molecular flexibility index (Phi) is 5.43. The van der Waals surface area contributed by atoms with Crippen LogP contribution in [-0.4, -0.2) is 11.6 Å². The number of hydrogen-bond donors (Lipinski definition) is 1. The van der Waals surface area contributed by atoms with Gasteiger partial charge in [0.25, 0.3) is 0 Å². The Morgan fingerprint density at radius 3 is 2.67 bits per heavy atom. The highest BCUT2D eigenvalue weighted by Gasteiger charge is 2.20. The highest BCUT2D eigenvalue weighted by Crippen LogP contribution is 2.12. The van der Waals surface area contributed by atoms with E-state index in [2.05, 4.69) is 11.9 Å². The molecule has 0 saturated heterocycles. The van der Waals surface area contributed by atoms with Gasteiger partial charge in [-0.3, -0.25) is 0 Å². The Morgan fingerprint density at radius 2 is 2.06 bits per heavy atom. The summed E-state index contributed by atoms with van der Waals surface area (Å²) in [5, 5.41) is 2.85. The summed E-state index contributed by atoms with van der Waals surface area (Å²) in [5.41, 5.74) is 0.707. The summed E-state index contributed by atoms with van der Waals surface area (Å²) in [7, 11) is 0. The lowest BCUT2D eigenvalue weighted by Gasteiger charge is -2.25. The maximum Gasteiger partial charge on any atom is 0.407 e. The smallest absolute Gasteiger partial charge is 0.407 e. The molecule has 0 unspecified atom stereocenters. The van der Waals surface area contributed by atoms with Crippen molar-refractivity contribution in [3.8, 4) is 0 Å². The zero-order valence-electron chi connectivity index (χ0n) is 11.1. The number of benzene rings is 1. The second kappa shape index (κ2) is 6.84. The minimum atomic E-state index is -0.382. The van der Waals surface area contributed by atoms with Gasteiger partial charge in [0.05, 0.1) is 0 Å². The number of hydrogen-bond acceptors (Lipinski definition) is 2. The van der Waals surface area contributed by atoms with Crippen molar-refractivity contribution in [1.82, 2.24) is 5.32 Å². The summed E-state index contributed by atoms with van der Waals surface area (Å²) in [5.74, 6) is 0. The summed E-state index contributed by atoms with van der Waals surface area (Å²) >= 11 is 0. The number of carbonyl (C=O) groups is 1. The molecule has 18 heavy (non-hydrogen) atoms. The Bertz CT molecular complexity index is 385. The van der Waals surface area contributed by atoms with Gasteiger partial charge >= 0.3 is 6.09 Å². The first-order valence-electron chi connectivity index (χ1n) is 6.13. The van der Waals surface area contributed by atoms with Crippen LogP contribution < -0.4 is 5.32 Å². The number of ether oxygens (including phenoxy) is 1. The summed E-state index contributed by atoms with van der Waals surface area (Å²) in [4.78, 5) is 11.6. The van der Waals surface area contributed by atoms with E-state index in [0.29, 0.717) is 6.61 Å². The largest absolute Gasteiger partial charge is 0.445 e. The van der Waals surface area contributed by atoms with Crippen molar-refractivity contribution in [3.63, 3.8) is 0 Å². The van der Waals surface area contributed by atoms with Gasteiger partial charge in [0.15, 0.2) is 0 Å². The zero-order valence-corrected chi connectivity index (χ0v) is 11.1. The van der Waals surface area contributed by atoms with Gasteiger partial charge in [-0.25, -0.2) is 4.79 Å². The first kappa shape index (κ1) is 14.3. The molecule has 3 nitrogen and oxygen atoms in total. The molecule has 0 fully saturated rings. The van der Waals surface area contributed by atoms with E-state index in [1.54, 1.807) is 0 Å². The van der Waals surface area contributed by atoms with E-state index >= 15 is 0 Å². The number of carbonyl (C=O) groups excluding carboxylic acids is 1. The summed E-state index contributed by atoms with van der Waals surface area (Å²) in [6, 6.07) is 9.63. The average Bonchev–Trinajstić information content (AvgIpc) is 2.35. The van der Waals surface area contributed by atoms with E-state index in [1.807, 2.05) is 50.3 Å². The predicted octanol–water partition coefficient (Wildman–Crippen LogP) is 3.66. The highest BCUT2D eigenvalue weighted by atomic mass is 16.5. The van der Waals surface area contributed by atoms with Crippen molar-refractivity contribution in [2.24, 2.45) is 0 Å². The second-order valence-corrected chi connectivity index (χ2v) is 4.90. The third-order valence-electron chi connectivity index (χ3n) is 2.63. The van der Waals surface area contributed by atoms with Crippen LogP contribution in [0.5, 0.6) is 0 Å². The van der Waals surface area contributed by atoms with Crippen molar-refractivity contribution < 1.29 is 9.53 Å². The maximum atomic E-state index is 11.6. The monoisotopic (exact) mass is 247 g/mol. The van der Waals surface area contributed by atoms with E-state index in [9.17, 15) is 4.79 Å². The molecule has 1 amide bonds. The van der Waals surface area contributed by atoms with Crippen LogP contribution in [0.4, 0.5) is 4.79 Å². The molecule has 1 rings (SSSR count). The van der Waals surface area contributed by atoms with E-state index in [0.717, 1.165) is 18.4 Å². The van der Waals surface area contributed by atoms with Gasteiger partial charge in [0.1, 0.15) is 6.61 Å².